The topological polar surface area (TPSA) is 74.7 Å². The quantitative estimate of drug-likeness (QED) is 0.296. The summed E-state index contributed by atoms with van der Waals surface area (Å²) in [4.78, 5) is 15.9. The van der Waals surface area contributed by atoms with Gasteiger partial charge < -0.3 is 9.88 Å². The van der Waals surface area contributed by atoms with E-state index in [9.17, 15) is 13.2 Å². The molecule has 0 radical (unpaired) electrons. The number of hydrogen-bond donors (Lipinski definition) is 1. The number of anilines is 1. The summed E-state index contributed by atoms with van der Waals surface area (Å²) in [5.41, 5.74) is 2.94. The van der Waals surface area contributed by atoms with Gasteiger partial charge in [-0.1, -0.05) is 24.3 Å². The number of aromatic nitrogens is 1. The number of amides is 1. The zero-order chi connectivity index (χ0) is 26.0. The van der Waals surface area contributed by atoms with E-state index in [1.807, 2.05) is 30.3 Å². The van der Waals surface area contributed by atoms with Crippen LogP contribution >= 0.6 is 23.1 Å². The van der Waals surface area contributed by atoms with Gasteiger partial charge in [0.15, 0.2) is 0 Å². The predicted octanol–water partition coefficient (Wildman–Crippen LogP) is 4.94. The lowest BCUT2D eigenvalue weighted by Gasteiger charge is -2.39. The first-order valence-corrected chi connectivity index (χ1v) is 16.2. The summed E-state index contributed by atoms with van der Waals surface area (Å²) >= 11 is 2.98. The molecule has 1 fully saturated rings. The van der Waals surface area contributed by atoms with E-state index in [1.165, 1.54) is 15.6 Å². The van der Waals surface area contributed by atoms with E-state index in [-0.39, 0.29) is 10.1 Å². The molecule has 0 aliphatic carbocycles. The summed E-state index contributed by atoms with van der Waals surface area (Å²) in [5, 5.41) is 7.01. The molecule has 1 aliphatic heterocycles. The van der Waals surface area contributed by atoms with Crippen molar-refractivity contribution in [3.8, 4) is 0 Å². The second-order valence-electron chi connectivity index (χ2n) is 9.19. The van der Waals surface area contributed by atoms with Crippen LogP contribution in [0, 0.1) is 0 Å². The van der Waals surface area contributed by atoms with E-state index in [1.54, 1.807) is 29.3 Å². The minimum Gasteiger partial charge on any atom is -0.341 e. The van der Waals surface area contributed by atoms with E-state index >= 15 is 0 Å². The van der Waals surface area contributed by atoms with Gasteiger partial charge in [0, 0.05) is 53.7 Å². The third-order valence-electron chi connectivity index (χ3n) is 6.96. The standard InChI is InChI=1S/C27H32N4O3S3/c1-3-30-23-9-5-4-8-21(23)22-18-20(11-12-24(22)30)28-27(32)25-19-29(13-7-16-35-2)14-15-31(25)37(33,34)26-10-6-17-36-26/h4-6,8-12,17-18,25H,3,7,13-16,19H2,1-2H3,(H,28,32). The fourth-order valence-corrected chi connectivity index (χ4v) is 8.29. The maximum Gasteiger partial charge on any atom is 0.253 e. The number of nitrogens with zero attached hydrogens (tertiary/aromatic N) is 3. The fraction of sp³-hybridized carbons (Fsp3) is 0.370. The number of carbonyl (C=O) groups is 1. The van der Waals surface area contributed by atoms with Crippen molar-refractivity contribution in [1.29, 1.82) is 0 Å². The Bertz CT molecular complexity index is 1500. The van der Waals surface area contributed by atoms with E-state index in [2.05, 4.69) is 40.1 Å². The van der Waals surface area contributed by atoms with Crippen molar-refractivity contribution >= 4 is 66.5 Å². The Balaban J connectivity index is 1.44. The smallest absolute Gasteiger partial charge is 0.253 e. The van der Waals surface area contributed by atoms with Gasteiger partial charge in [-0.3, -0.25) is 9.69 Å². The van der Waals surface area contributed by atoms with Crippen molar-refractivity contribution in [2.24, 2.45) is 0 Å². The lowest BCUT2D eigenvalue weighted by atomic mass is 10.1. The third kappa shape index (κ3) is 5.18. The van der Waals surface area contributed by atoms with Gasteiger partial charge in [0.1, 0.15) is 10.3 Å². The first kappa shape index (κ1) is 26.2. The molecule has 196 valence electrons. The summed E-state index contributed by atoms with van der Waals surface area (Å²) in [6, 6.07) is 16.7. The van der Waals surface area contributed by atoms with Crippen molar-refractivity contribution < 1.29 is 13.2 Å². The molecule has 0 spiro atoms. The van der Waals surface area contributed by atoms with E-state index in [4.69, 9.17) is 0 Å². The molecule has 7 nitrogen and oxygen atoms in total. The molecule has 1 amide bonds. The maximum atomic E-state index is 13.7. The molecule has 1 atom stereocenters. The van der Waals surface area contributed by atoms with Crippen LogP contribution < -0.4 is 5.32 Å². The number of benzene rings is 2. The highest BCUT2D eigenvalue weighted by molar-refractivity contribution is 7.98. The Kier molecular flexibility index (Phi) is 7.92. The molecule has 2 aromatic heterocycles. The number of carbonyl (C=O) groups excluding carboxylic acids is 1. The molecular weight excluding hydrogens is 525 g/mol. The SMILES string of the molecule is CCn1c2ccccc2c2cc(NC(=O)C3CN(CCCSC)CCN3S(=O)(=O)c3cccs3)ccc21. The van der Waals surface area contributed by atoms with E-state index in [0.717, 1.165) is 47.1 Å². The van der Waals surface area contributed by atoms with Gasteiger partial charge >= 0.3 is 0 Å². The highest BCUT2D eigenvalue weighted by Crippen LogP contribution is 2.31. The summed E-state index contributed by atoms with van der Waals surface area (Å²) < 4.78 is 30.9. The number of sulfonamides is 1. The van der Waals surface area contributed by atoms with Gasteiger partial charge in [0.25, 0.3) is 10.0 Å². The predicted molar refractivity (Wildman–Crippen MR) is 155 cm³/mol. The fourth-order valence-electron chi connectivity index (χ4n) is 5.18. The number of rotatable bonds is 9. The van der Waals surface area contributed by atoms with Gasteiger partial charge in [0.2, 0.25) is 5.91 Å². The zero-order valence-electron chi connectivity index (χ0n) is 21.1. The van der Waals surface area contributed by atoms with Crippen molar-refractivity contribution in [2.45, 2.75) is 30.1 Å². The average molecular weight is 557 g/mol. The lowest BCUT2D eigenvalue weighted by Crippen LogP contribution is -2.59. The van der Waals surface area contributed by atoms with Gasteiger partial charge in [-0.15, -0.1) is 11.3 Å². The molecule has 2 aromatic carbocycles. The summed E-state index contributed by atoms with van der Waals surface area (Å²) in [5.74, 6) is 0.740. The van der Waals surface area contributed by atoms with Crippen LogP contribution in [0.15, 0.2) is 64.2 Å². The lowest BCUT2D eigenvalue weighted by molar-refractivity contribution is -0.121. The number of para-hydroxylation sites is 1. The normalized spacial score (nSPS) is 17.5. The summed E-state index contributed by atoms with van der Waals surface area (Å²) in [6.07, 6.45) is 3.09. The van der Waals surface area contributed by atoms with Crippen LogP contribution in [-0.2, 0) is 21.4 Å². The van der Waals surface area contributed by atoms with Crippen LogP contribution in [0.4, 0.5) is 5.69 Å². The Morgan fingerprint density at radius 1 is 1.08 bits per heavy atom. The second kappa shape index (κ2) is 11.2. The number of nitrogens with one attached hydrogen (secondary N) is 1. The van der Waals surface area contributed by atoms with Crippen LogP contribution in [0.1, 0.15) is 13.3 Å². The highest BCUT2D eigenvalue weighted by atomic mass is 32.2. The third-order valence-corrected chi connectivity index (χ3v) is 10.9. The summed E-state index contributed by atoms with van der Waals surface area (Å²) in [7, 11) is -3.76. The second-order valence-corrected chi connectivity index (χ2v) is 13.2. The molecular formula is C27H32N4O3S3. The van der Waals surface area contributed by atoms with Crippen molar-refractivity contribution in [1.82, 2.24) is 13.8 Å². The molecule has 0 saturated carbocycles. The molecule has 1 unspecified atom stereocenters. The highest BCUT2D eigenvalue weighted by Gasteiger charge is 2.40. The van der Waals surface area contributed by atoms with Crippen molar-refractivity contribution in [3.05, 3.63) is 60.0 Å². The van der Waals surface area contributed by atoms with Gasteiger partial charge in [0.05, 0.1) is 0 Å². The Morgan fingerprint density at radius 3 is 2.65 bits per heavy atom. The minimum atomic E-state index is -3.76. The number of piperazine rings is 1. The number of hydrogen-bond acceptors (Lipinski definition) is 6. The molecule has 4 aromatic rings. The van der Waals surface area contributed by atoms with E-state index in [0.29, 0.717) is 25.3 Å². The Labute approximate surface area is 226 Å². The number of aryl methyl sites for hydroxylation is 1. The average Bonchev–Trinajstić information content (AvgIpc) is 3.56. The molecule has 5 rings (SSSR count). The monoisotopic (exact) mass is 556 g/mol. The maximum absolute atomic E-state index is 13.7. The minimum absolute atomic E-state index is 0.273. The van der Waals surface area contributed by atoms with Crippen molar-refractivity contribution in [2.75, 3.05) is 43.5 Å². The van der Waals surface area contributed by atoms with E-state index < -0.39 is 16.1 Å². The van der Waals surface area contributed by atoms with Crippen LogP contribution in [0.5, 0.6) is 0 Å². The molecule has 1 saturated heterocycles. The first-order chi connectivity index (χ1) is 17.9. The Morgan fingerprint density at radius 2 is 1.89 bits per heavy atom. The largest absolute Gasteiger partial charge is 0.341 e. The van der Waals surface area contributed by atoms with Crippen LogP contribution in [-0.4, -0.2) is 72.3 Å². The first-order valence-electron chi connectivity index (χ1n) is 12.5. The molecule has 1 aliphatic rings. The molecule has 3 heterocycles. The number of thiophene rings is 1. The van der Waals surface area contributed by atoms with Gasteiger partial charge in [-0.2, -0.15) is 16.1 Å². The Hall–Kier alpha value is -2.37. The molecule has 1 N–H and O–H groups in total. The molecule has 10 heteroatoms. The van der Waals surface area contributed by atoms with Gasteiger partial charge in [-0.05, 0) is 67.6 Å². The number of thioether (sulfide) groups is 1. The number of fused-ring (bicyclic) bond motifs is 3. The van der Waals surface area contributed by atoms with Crippen LogP contribution in [0.2, 0.25) is 0 Å². The van der Waals surface area contributed by atoms with Crippen molar-refractivity contribution in [3.63, 3.8) is 0 Å². The zero-order valence-corrected chi connectivity index (χ0v) is 23.5. The molecule has 37 heavy (non-hydrogen) atoms. The van der Waals surface area contributed by atoms with Gasteiger partial charge in [-0.25, -0.2) is 8.42 Å². The van der Waals surface area contributed by atoms with Crippen LogP contribution in [0.25, 0.3) is 21.8 Å². The van der Waals surface area contributed by atoms with Crippen LogP contribution in [0.3, 0.4) is 0 Å². The molecule has 0 bridgehead atoms. The summed E-state index contributed by atoms with van der Waals surface area (Å²) in [6.45, 7) is 5.10.